The van der Waals surface area contributed by atoms with Crippen molar-refractivity contribution in [3.63, 3.8) is 0 Å². The first-order valence-electron chi connectivity index (χ1n) is 8.17. The number of hydrogen-bond acceptors (Lipinski definition) is 5. The molecule has 0 aliphatic heterocycles. The molecule has 1 atom stereocenters. The number of nitrogens with zero attached hydrogens (tertiary/aromatic N) is 3. The average Bonchev–Trinajstić information content (AvgIpc) is 3.12. The summed E-state index contributed by atoms with van der Waals surface area (Å²) < 4.78 is 12.9. The van der Waals surface area contributed by atoms with Crippen LogP contribution in [0.2, 0.25) is 0 Å². The fourth-order valence-corrected chi connectivity index (χ4v) is 3.26. The van der Waals surface area contributed by atoms with Gasteiger partial charge in [0, 0.05) is 11.7 Å². The van der Waals surface area contributed by atoms with Crippen molar-refractivity contribution in [1.29, 1.82) is 0 Å². The summed E-state index contributed by atoms with van der Waals surface area (Å²) in [7, 11) is 2.01. The number of halogens is 1. The first kappa shape index (κ1) is 18.2. The quantitative estimate of drug-likeness (QED) is 0.709. The lowest BCUT2D eigenvalue weighted by molar-refractivity contribution is 0.102. The molecular formula is C19H19FN4OS. The van der Waals surface area contributed by atoms with E-state index in [0.717, 1.165) is 5.01 Å². The molecule has 3 aromatic rings. The Kier molecular flexibility index (Phi) is 5.70. The number of carbonyl (C=O) groups is 1. The highest BCUT2D eigenvalue weighted by molar-refractivity contribution is 7.13. The summed E-state index contributed by atoms with van der Waals surface area (Å²) in [5, 5.41) is 11.8. The van der Waals surface area contributed by atoms with Crippen molar-refractivity contribution < 1.29 is 9.18 Å². The largest absolute Gasteiger partial charge is 0.320 e. The van der Waals surface area contributed by atoms with Gasteiger partial charge in [0.15, 0.2) is 0 Å². The zero-order chi connectivity index (χ0) is 18.5. The average molecular weight is 370 g/mol. The Bertz CT molecular complexity index is 867. The maximum absolute atomic E-state index is 12.9. The Hall–Kier alpha value is -2.64. The molecule has 1 heterocycles. The van der Waals surface area contributed by atoms with Gasteiger partial charge in [0.1, 0.15) is 10.8 Å². The van der Waals surface area contributed by atoms with Gasteiger partial charge in [0.2, 0.25) is 5.01 Å². The van der Waals surface area contributed by atoms with Gasteiger partial charge >= 0.3 is 0 Å². The molecule has 0 unspecified atom stereocenters. The molecule has 1 aromatic heterocycles. The minimum atomic E-state index is -0.350. The van der Waals surface area contributed by atoms with Crippen molar-refractivity contribution in [2.45, 2.75) is 19.5 Å². The van der Waals surface area contributed by atoms with Crippen LogP contribution in [0.4, 0.5) is 10.1 Å². The van der Waals surface area contributed by atoms with E-state index in [1.54, 1.807) is 0 Å². The monoisotopic (exact) mass is 370 g/mol. The SMILES string of the molecule is C[C@H](c1ccccc1)N(C)Cc1nnc(C(=O)Nc2ccc(F)cc2)s1. The van der Waals surface area contributed by atoms with E-state index in [2.05, 4.69) is 39.5 Å². The molecule has 26 heavy (non-hydrogen) atoms. The second kappa shape index (κ2) is 8.16. The third kappa shape index (κ3) is 4.50. The van der Waals surface area contributed by atoms with Crippen LogP contribution in [0.15, 0.2) is 54.6 Å². The predicted molar refractivity (Wildman–Crippen MR) is 101 cm³/mol. The van der Waals surface area contributed by atoms with E-state index in [4.69, 9.17) is 0 Å². The smallest absolute Gasteiger partial charge is 0.286 e. The predicted octanol–water partition coefficient (Wildman–Crippen LogP) is 4.12. The molecule has 0 spiro atoms. The van der Waals surface area contributed by atoms with Crippen LogP contribution in [0, 0.1) is 5.82 Å². The first-order valence-corrected chi connectivity index (χ1v) is 8.99. The molecule has 3 rings (SSSR count). The van der Waals surface area contributed by atoms with Gasteiger partial charge in [-0.1, -0.05) is 41.7 Å². The Morgan fingerprint density at radius 1 is 1.15 bits per heavy atom. The standard InChI is InChI=1S/C19H19FN4OS/c1-13(14-6-4-3-5-7-14)24(2)12-17-22-23-19(26-17)18(25)21-16-10-8-15(20)9-11-16/h3-11,13H,12H2,1-2H3,(H,21,25)/t13-/m1/s1. The summed E-state index contributed by atoms with van der Waals surface area (Å²) in [5.74, 6) is -0.698. The summed E-state index contributed by atoms with van der Waals surface area (Å²) in [6.07, 6.45) is 0. The molecule has 5 nitrogen and oxygen atoms in total. The van der Waals surface area contributed by atoms with Gasteiger partial charge in [-0.05, 0) is 43.8 Å². The molecule has 1 amide bonds. The molecule has 0 bridgehead atoms. The Morgan fingerprint density at radius 3 is 2.54 bits per heavy atom. The van der Waals surface area contributed by atoms with Gasteiger partial charge in [-0.3, -0.25) is 9.69 Å². The fourth-order valence-electron chi connectivity index (χ4n) is 2.46. The second-order valence-corrected chi connectivity index (χ2v) is 7.03. The zero-order valence-electron chi connectivity index (χ0n) is 14.5. The molecule has 1 N–H and O–H groups in total. The number of benzene rings is 2. The molecule has 0 aliphatic carbocycles. The molecule has 0 aliphatic rings. The van der Waals surface area contributed by atoms with Crippen molar-refractivity contribution in [1.82, 2.24) is 15.1 Å². The molecular weight excluding hydrogens is 351 g/mol. The number of amides is 1. The van der Waals surface area contributed by atoms with E-state index in [9.17, 15) is 9.18 Å². The molecule has 134 valence electrons. The van der Waals surface area contributed by atoms with Crippen LogP contribution >= 0.6 is 11.3 Å². The van der Waals surface area contributed by atoms with Crippen LogP contribution in [0.1, 0.15) is 33.3 Å². The van der Waals surface area contributed by atoms with Crippen LogP contribution in [0.25, 0.3) is 0 Å². The number of rotatable bonds is 6. The van der Waals surface area contributed by atoms with E-state index in [-0.39, 0.29) is 22.8 Å². The second-order valence-electron chi connectivity index (χ2n) is 5.96. The summed E-state index contributed by atoms with van der Waals surface area (Å²) >= 11 is 1.25. The Morgan fingerprint density at radius 2 is 1.85 bits per heavy atom. The van der Waals surface area contributed by atoms with E-state index in [0.29, 0.717) is 12.2 Å². The van der Waals surface area contributed by atoms with Gasteiger partial charge in [0.25, 0.3) is 5.91 Å². The summed E-state index contributed by atoms with van der Waals surface area (Å²) in [6, 6.07) is 16.0. The van der Waals surface area contributed by atoms with Gasteiger partial charge < -0.3 is 5.32 Å². The van der Waals surface area contributed by atoms with Gasteiger partial charge in [0.05, 0.1) is 6.54 Å². The van der Waals surface area contributed by atoms with E-state index in [1.165, 1.54) is 41.2 Å². The fraction of sp³-hybridized carbons (Fsp3) is 0.211. The van der Waals surface area contributed by atoms with Crippen LogP contribution < -0.4 is 5.32 Å². The molecule has 0 saturated heterocycles. The van der Waals surface area contributed by atoms with Crippen molar-refractivity contribution in [3.05, 3.63) is 76.0 Å². The lowest BCUT2D eigenvalue weighted by Crippen LogP contribution is -2.21. The number of anilines is 1. The number of aromatic nitrogens is 2. The van der Waals surface area contributed by atoms with Crippen molar-refractivity contribution in [2.75, 3.05) is 12.4 Å². The zero-order valence-corrected chi connectivity index (χ0v) is 15.3. The van der Waals surface area contributed by atoms with Crippen molar-refractivity contribution in [3.8, 4) is 0 Å². The molecule has 2 aromatic carbocycles. The van der Waals surface area contributed by atoms with E-state index >= 15 is 0 Å². The van der Waals surface area contributed by atoms with Crippen molar-refractivity contribution in [2.24, 2.45) is 0 Å². The Balaban J connectivity index is 1.62. The molecule has 0 fully saturated rings. The van der Waals surface area contributed by atoms with Gasteiger partial charge in [-0.15, -0.1) is 10.2 Å². The highest BCUT2D eigenvalue weighted by Gasteiger charge is 2.17. The Labute approximate surface area is 155 Å². The molecule has 7 heteroatoms. The molecule has 0 saturated carbocycles. The first-order chi connectivity index (χ1) is 12.5. The lowest BCUT2D eigenvalue weighted by atomic mass is 10.1. The van der Waals surface area contributed by atoms with Crippen LogP contribution in [0.5, 0.6) is 0 Å². The topological polar surface area (TPSA) is 58.1 Å². The van der Waals surface area contributed by atoms with Crippen LogP contribution in [-0.4, -0.2) is 28.1 Å². The number of carbonyl (C=O) groups excluding carboxylic acids is 1. The third-order valence-corrected chi connectivity index (χ3v) is 5.00. The number of hydrogen-bond donors (Lipinski definition) is 1. The highest BCUT2D eigenvalue weighted by atomic mass is 32.1. The lowest BCUT2D eigenvalue weighted by Gasteiger charge is -2.23. The van der Waals surface area contributed by atoms with Crippen LogP contribution in [-0.2, 0) is 6.54 Å². The number of nitrogens with one attached hydrogen (secondary N) is 1. The molecule has 0 radical (unpaired) electrons. The summed E-state index contributed by atoms with van der Waals surface area (Å²) in [5.41, 5.74) is 1.73. The maximum atomic E-state index is 12.9. The summed E-state index contributed by atoms with van der Waals surface area (Å²) in [6.45, 7) is 2.72. The van der Waals surface area contributed by atoms with Crippen molar-refractivity contribution >= 4 is 22.9 Å². The van der Waals surface area contributed by atoms with E-state index in [1.807, 2.05) is 25.2 Å². The third-order valence-electron chi connectivity index (χ3n) is 4.09. The van der Waals surface area contributed by atoms with Crippen LogP contribution in [0.3, 0.4) is 0 Å². The van der Waals surface area contributed by atoms with Gasteiger partial charge in [-0.2, -0.15) is 0 Å². The highest BCUT2D eigenvalue weighted by Crippen LogP contribution is 2.22. The normalized spacial score (nSPS) is 12.2. The minimum absolute atomic E-state index is 0.219. The summed E-state index contributed by atoms with van der Waals surface area (Å²) in [4.78, 5) is 14.4. The minimum Gasteiger partial charge on any atom is -0.320 e. The van der Waals surface area contributed by atoms with E-state index < -0.39 is 0 Å². The van der Waals surface area contributed by atoms with Gasteiger partial charge in [-0.25, -0.2) is 4.39 Å². The maximum Gasteiger partial charge on any atom is 0.286 e.